The Kier molecular flexibility index (Phi) is 5.57. The largest absolute Gasteiger partial charge is 0.378 e. The van der Waals surface area contributed by atoms with Crippen molar-refractivity contribution in [2.45, 2.75) is 12.4 Å². The summed E-state index contributed by atoms with van der Waals surface area (Å²) in [7, 11) is 4.03. The molecule has 0 amide bonds. The zero-order valence-electron chi connectivity index (χ0n) is 12.3. The lowest BCUT2D eigenvalue weighted by Crippen LogP contribution is -2.19. The fraction of sp³-hybridized carbons (Fsp3) is 0.467. The summed E-state index contributed by atoms with van der Waals surface area (Å²) in [5.41, 5.74) is 2.22. The first-order chi connectivity index (χ1) is 10.2. The SMILES string of the molecule is CN(C)CCOCCn1c(CCl)nc2c(C#N)cccc21. The smallest absolute Gasteiger partial charge is 0.124 e. The molecule has 0 bridgehead atoms. The normalized spacial score (nSPS) is 11.2. The van der Waals surface area contributed by atoms with Crippen LogP contribution < -0.4 is 0 Å². The summed E-state index contributed by atoms with van der Waals surface area (Å²) >= 11 is 5.97. The molecule has 1 heterocycles. The van der Waals surface area contributed by atoms with E-state index in [-0.39, 0.29) is 0 Å². The number of nitriles is 1. The highest BCUT2D eigenvalue weighted by atomic mass is 35.5. The molecule has 0 N–H and O–H groups in total. The third-order valence-corrected chi connectivity index (χ3v) is 3.48. The highest BCUT2D eigenvalue weighted by Gasteiger charge is 2.12. The van der Waals surface area contributed by atoms with Crippen molar-refractivity contribution >= 4 is 22.6 Å². The van der Waals surface area contributed by atoms with Crippen LogP contribution >= 0.6 is 11.6 Å². The molecular weight excluding hydrogens is 288 g/mol. The Morgan fingerprint density at radius 3 is 2.86 bits per heavy atom. The van der Waals surface area contributed by atoms with Crippen molar-refractivity contribution in [3.8, 4) is 6.07 Å². The Morgan fingerprint density at radius 2 is 2.19 bits per heavy atom. The molecule has 0 unspecified atom stereocenters. The summed E-state index contributed by atoms with van der Waals surface area (Å²) < 4.78 is 7.65. The van der Waals surface area contributed by atoms with Crippen LogP contribution in [0.1, 0.15) is 11.4 Å². The summed E-state index contributed by atoms with van der Waals surface area (Å²) in [4.78, 5) is 6.55. The van der Waals surface area contributed by atoms with Crippen LogP contribution in [-0.2, 0) is 17.2 Å². The average molecular weight is 307 g/mol. The molecule has 0 radical (unpaired) electrons. The van der Waals surface area contributed by atoms with Crippen LogP contribution in [0.4, 0.5) is 0 Å². The number of likely N-dealkylation sites (N-methyl/N-ethyl adjacent to an activating group) is 1. The lowest BCUT2D eigenvalue weighted by Gasteiger charge is -2.11. The predicted molar refractivity (Wildman–Crippen MR) is 83.4 cm³/mol. The first-order valence-electron chi connectivity index (χ1n) is 6.84. The summed E-state index contributed by atoms with van der Waals surface area (Å²) in [6, 6.07) is 7.76. The van der Waals surface area contributed by atoms with Crippen molar-refractivity contribution in [1.29, 1.82) is 5.26 Å². The molecule has 0 aliphatic rings. The minimum atomic E-state index is 0.317. The number of hydrogen-bond donors (Lipinski definition) is 0. The number of nitrogens with zero attached hydrogens (tertiary/aromatic N) is 4. The van der Waals surface area contributed by atoms with Gasteiger partial charge >= 0.3 is 0 Å². The van der Waals surface area contributed by atoms with E-state index < -0.39 is 0 Å². The third kappa shape index (κ3) is 3.73. The maximum absolute atomic E-state index is 9.14. The number of halogens is 1. The average Bonchev–Trinajstić information content (AvgIpc) is 2.84. The number of aromatic nitrogens is 2. The van der Waals surface area contributed by atoms with E-state index in [2.05, 4.69) is 16.0 Å². The maximum Gasteiger partial charge on any atom is 0.124 e. The van der Waals surface area contributed by atoms with Gasteiger partial charge < -0.3 is 14.2 Å². The molecule has 0 spiro atoms. The summed E-state index contributed by atoms with van der Waals surface area (Å²) in [5.74, 6) is 1.09. The second-order valence-corrected chi connectivity index (χ2v) is 5.28. The van der Waals surface area contributed by atoms with Crippen molar-refractivity contribution in [3.05, 3.63) is 29.6 Å². The predicted octanol–water partition coefficient (Wildman–Crippen LogP) is 2.22. The molecule has 0 saturated carbocycles. The monoisotopic (exact) mass is 306 g/mol. The Balaban J connectivity index is 2.13. The molecule has 2 rings (SSSR count). The van der Waals surface area contributed by atoms with Crippen molar-refractivity contribution in [3.63, 3.8) is 0 Å². The molecule has 0 fully saturated rings. The quantitative estimate of drug-likeness (QED) is 0.581. The molecule has 6 heteroatoms. The Bertz CT molecular complexity index is 645. The van der Waals surface area contributed by atoms with Gasteiger partial charge in [0, 0.05) is 13.1 Å². The van der Waals surface area contributed by atoms with Crippen LogP contribution in [0.5, 0.6) is 0 Å². The van der Waals surface area contributed by atoms with Crippen LogP contribution in [-0.4, -0.2) is 48.3 Å². The number of ether oxygens (including phenoxy) is 1. The minimum Gasteiger partial charge on any atom is -0.378 e. The van der Waals surface area contributed by atoms with Crippen LogP contribution in [0.2, 0.25) is 0 Å². The Morgan fingerprint density at radius 1 is 1.38 bits per heavy atom. The summed E-state index contributed by atoms with van der Waals surface area (Å²) in [5, 5.41) is 9.14. The van der Waals surface area contributed by atoms with Crippen molar-refractivity contribution in [1.82, 2.24) is 14.5 Å². The van der Waals surface area contributed by atoms with Gasteiger partial charge in [-0.1, -0.05) is 6.07 Å². The van der Waals surface area contributed by atoms with Gasteiger partial charge in [-0.05, 0) is 26.2 Å². The number of rotatable bonds is 7. The van der Waals surface area contributed by atoms with Gasteiger partial charge in [0.25, 0.3) is 0 Å². The molecule has 0 saturated heterocycles. The van der Waals surface area contributed by atoms with Crippen LogP contribution in [0.15, 0.2) is 18.2 Å². The van der Waals surface area contributed by atoms with Crippen molar-refractivity contribution < 1.29 is 4.74 Å². The van der Waals surface area contributed by atoms with Gasteiger partial charge in [-0.25, -0.2) is 4.98 Å². The molecule has 5 nitrogen and oxygen atoms in total. The topological polar surface area (TPSA) is 54.1 Å². The van der Waals surface area contributed by atoms with E-state index in [1.165, 1.54) is 0 Å². The van der Waals surface area contributed by atoms with E-state index in [4.69, 9.17) is 21.6 Å². The Hall–Kier alpha value is -1.61. The molecule has 2 aromatic rings. The van der Waals surface area contributed by atoms with Crippen molar-refractivity contribution in [2.24, 2.45) is 0 Å². The molecule has 1 aromatic heterocycles. The fourth-order valence-electron chi connectivity index (χ4n) is 2.14. The van der Waals surface area contributed by atoms with E-state index >= 15 is 0 Å². The first kappa shape index (κ1) is 15.8. The molecule has 1 aromatic carbocycles. The van der Waals surface area contributed by atoms with Gasteiger partial charge in [0.05, 0.1) is 30.2 Å². The second kappa shape index (κ2) is 7.41. The standard InChI is InChI=1S/C15H19ClN4O/c1-19(2)6-8-21-9-7-20-13-5-3-4-12(11-17)15(13)18-14(20)10-16/h3-5H,6-10H2,1-2H3. The number of fused-ring (bicyclic) bond motifs is 1. The summed E-state index contributed by atoms with van der Waals surface area (Å²) in [6.45, 7) is 2.87. The highest BCUT2D eigenvalue weighted by molar-refractivity contribution is 6.16. The van der Waals surface area contributed by atoms with Gasteiger partial charge in [-0.2, -0.15) is 5.26 Å². The van der Waals surface area contributed by atoms with E-state index in [1.54, 1.807) is 6.07 Å². The lowest BCUT2D eigenvalue weighted by molar-refractivity contribution is 0.111. The van der Waals surface area contributed by atoms with Crippen molar-refractivity contribution in [2.75, 3.05) is 33.9 Å². The number of imidazole rings is 1. The minimum absolute atomic E-state index is 0.317. The van der Waals surface area contributed by atoms with Gasteiger partial charge in [0.2, 0.25) is 0 Å². The zero-order chi connectivity index (χ0) is 15.2. The van der Waals surface area contributed by atoms with Gasteiger partial charge in [-0.15, -0.1) is 11.6 Å². The molecule has 112 valence electrons. The summed E-state index contributed by atoms with van der Waals surface area (Å²) in [6.07, 6.45) is 0. The Labute approximate surface area is 129 Å². The highest BCUT2D eigenvalue weighted by Crippen LogP contribution is 2.20. The maximum atomic E-state index is 9.14. The molecule has 0 aliphatic heterocycles. The fourth-order valence-corrected chi connectivity index (χ4v) is 2.35. The van der Waals surface area contributed by atoms with Crippen LogP contribution in [0, 0.1) is 11.3 Å². The molecular formula is C15H19ClN4O. The molecule has 0 aliphatic carbocycles. The third-order valence-electron chi connectivity index (χ3n) is 3.24. The lowest BCUT2D eigenvalue weighted by atomic mass is 10.2. The number of benzene rings is 1. The molecule has 21 heavy (non-hydrogen) atoms. The van der Waals surface area contributed by atoms with E-state index in [9.17, 15) is 0 Å². The molecule has 0 atom stereocenters. The van der Waals surface area contributed by atoms with Gasteiger partial charge in [0.1, 0.15) is 17.4 Å². The van der Waals surface area contributed by atoms with E-state index in [0.717, 1.165) is 17.9 Å². The first-order valence-corrected chi connectivity index (χ1v) is 7.37. The second-order valence-electron chi connectivity index (χ2n) is 5.01. The van der Waals surface area contributed by atoms with Gasteiger partial charge in [0.15, 0.2) is 0 Å². The number of para-hydroxylation sites is 1. The number of alkyl halides is 1. The van der Waals surface area contributed by atoms with E-state index in [1.807, 2.05) is 30.8 Å². The zero-order valence-corrected chi connectivity index (χ0v) is 13.1. The van der Waals surface area contributed by atoms with Crippen LogP contribution in [0.3, 0.4) is 0 Å². The van der Waals surface area contributed by atoms with Gasteiger partial charge in [-0.3, -0.25) is 0 Å². The van der Waals surface area contributed by atoms with E-state index in [0.29, 0.717) is 36.7 Å². The van der Waals surface area contributed by atoms with Crippen LogP contribution in [0.25, 0.3) is 11.0 Å². The number of hydrogen-bond acceptors (Lipinski definition) is 4.